The van der Waals surface area contributed by atoms with E-state index in [1.54, 1.807) is 0 Å². The Labute approximate surface area is 67.7 Å². The molecule has 0 aliphatic rings. The lowest BCUT2D eigenvalue weighted by atomic mass is 10.3. The summed E-state index contributed by atoms with van der Waals surface area (Å²) in [5, 5.41) is 0. The first-order chi connectivity index (χ1) is 5.12. The van der Waals surface area contributed by atoms with Crippen LogP contribution in [0.3, 0.4) is 0 Å². The molecule has 0 bridgehead atoms. The van der Waals surface area contributed by atoms with Crippen molar-refractivity contribution in [2.45, 2.75) is 33.1 Å². The molecule has 1 unspecified atom stereocenters. The lowest BCUT2D eigenvalue weighted by Crippen LogP contribution is -1.91. The summed E-state index contributed by atoms with van der Waals surface area (Å²) in [6.07, 6.45) is 2.85. The summed E-state index contributed by atoms with van der Waals surface area (Å²) in [6, 6.07) is 0. The predicted molar refractivity (Wildman–Crippen MR) is 44.7 cm³/mol. The van der Waals surface area contributed by atoms with Crippen molar-refractivity contribution < 1.29 is 13.3 Å². The van der Waals surface area contributed by atoms with Gasteiger partial charge in [0.05, 0.1) is 12.8 Å². The van der Waals surface area contributed by atoms with E-state index in [0.29, 0.717) is 0 Å². The van der Waals surface area contributed by atoms with Crippen molar-refractivity contribution in [3.63, 3.8) is 0 Å². The van der Waals surface area contributed by atoms with Gasteiger partial charge in [-0.15, -0.1) is 0 Å². The molecule has 2 nitrogen and oxygen atoms in total. The van der Waals surface area contributed by atoms with Gasteiger partial charge in [0.2, 0.25) is 0 Å². The van der Waals surface area contributed by atoms with Crippen molar-refractivity contribution in [2.75, 3.05) is 12.8 Å². The summed E-state index contributed by atoms with van der Waals surface area (Å²) in [5.74, 6) is 0. The van der Waals surface area contributed by atoms with Gasteiger partial charge in [0.15, 0.2) is 0 Å². The zero-order valence-electron chi connectivity index (χ0n) is 7.18. The second-order valence-electron chi connectivity index (χ2n) is 2.45. The first kappa shape index (κ1) is 11.1. The Bertz CT molecular complexity index is 138. The van der Waals surface area contributed by atoms with Crippen molar-refractivity contribution in [3.8, 4) is 0 Å². The van der Waals surface area contributed by atoms with Crippen LogP contribution in [0.25, 0.3) is 0 Å². The average molecular weight is 182 g/mol. The highest BCUT2D eigenvalue weighted by molar-refractivity contribution is 7.53. The van der Waals surface area contributed by atoms with Crippen LogP contribution in [0.15, 0.2) is 0 Å². The third-order valence-electron chi connectivity index (χ3n) is 1.41. The number of rotatable bonds is 6. The summed E-state index contributed by atoms with van der Waals surface area (Å²) in [7, 11) is -3.71. The minimum absolute atomic E-state index is 0.0148. The number of unbranched alkanes of at least 4 members (excludes halogenated alkanes) is 2. The van der Waals surface area contributed by atoms with Gasteiger partial charge in [0.25, 0.3) is 0 Å². The molecule has 0 saturated heterocycles. The van der Waals surface area contributed by atoms with Gasteiger partial charge >= 0.3 is 7.68 Å². The predicted octanol–water partition coefficient (Wildman–Crippen LogP) is 3.38. The summed E-state index contributed by atoms with van der Waals surface area (Å²) in [6.45, 7) is 3.87. The van der Waals surface area contributed by atoms with Crippen LogP contribution in [-0.4, -0.2) is 12.8 Å². The highest BCUT2D eigenvalue weighted by Crippen LogP contribution is 2.47. The van der Waals surface area contributed by atoms with E-state index >= 15 is 0 Å². The molecule has 0 saturated carbocycles. The quantitative estimate of drug-likeness (QED) is 0.465. The Morgan fingerprint density at radius 2 is 2.00 bits per heavy atom. The Morgan fingerprint density at radius 3 is 2.45 bits per heavy atom. The van der Waals surface area contributed by atoms with Crippen LogP contribution in [0, 0.1) is 0 Å². The summed E-state index contributed by atoms with van der Waals surface area (Å²) in [4.78, 5) is 0. The Kier molecular flexibility index (Phi) is 5.79. The van der Waals surface area contributed by atoms with E-state index in [1.807, 2.05) is 0 Å². The first-order valence-corrected chi connectivity index (χ1v) is 5.75. The molecule has 0 aliphatic carbocycles. The zero-order chi connectivity index (χ0) is 8.74. The maximum atomic E-state index is 12.6. The monoisotopic (exact) mass is 182 g/mol. The molecule has 0 fully saturated rings. The van der Waals surface area contributed by atoms with Gasteiger partial charge in [-0.25, -0.2) is 0 Å². The topological polar surface area (TPSA) is 26.3 Å². The van der Waals surface area contributed by atoms with E-state index in [1.165, 1.54) is 6.92 Å². The maximum Gasteiger partial charge on any atom is 0.367 e. The number of hydrogen-bond donors (Lipinski definition) is 0. The molecular formula is C7H16FO2P. The number of hydrogen-bond acceptors (Lipinski definition) is 2. The fraction of sp³-hybridized carbons (Fsp3) is 1.00. The maximum absolute atomic E-state index is 12.6. The minimum Gasteiger partial charge on any atom is -0.306 e. The number of halogens is 1. The van der Waals surface area contributed by atoms with Gasteiger partial charge in [0.1, 0.15) is 0 Å². The normalized spacial score (nSPS) is 16.3. The second-order valence-corrected chi connectivity index (χ2v) is 4.52. The largest absolute Gasteiger partial charge is 0.367 e. The zero-order valence-corrected chi connectivity index (χ0v) is 8.07. The molecular weight excluding hydrogens is 166 g/mol. The second kappa shape index (κ2) is 5.73. The molecule has 0 radical (unpaired) electrons. The molecule has 0 aromatic rings. The fourth-order valence-electron chi connectivity index (χ4n) is 0.644. The standard InChI is InChI=1S/C7H16FO2P/c1-3-5-6-7-10-11(8,9)4-2/h3-7H2,1-2H3. The molecule has 0 aromatic heterocycles. The molecule has 0 N–H and O–H groups in total. The highest BCUT2D eigenvalue weighted by Gasteiger charge is 2.17. The van der Waals surface area contributed by atoms with Crippen molar-refractivity contribution in [2.24, 2.45) is 0 Å². The van der Waals surface area contributed by atoms with Gasteiger partial charge in [-0.05, 0) is 6.42 Å². The molecule has 68 valence electrons. The van der Waals surface area contributed by atoms with Crippen molar-refractivity contribution in [1.82, 2.24) is 0 Å². The van der Waals surface area contributed by atoms with Crippen molar-refractivity contribution >= 4 is 7.68 Å². The van der Waals surface area contributed by atoms with E-state index in [4.69, 9.17) is 0 Å². The van der Waals surface area contributed by atoms with Crippen LogP contribution in [0.5, 0.6) is 0 Å². The van der Waals surface area contributed by atoms with Gasteiger partial charge < -0.3 is 4.52 Å². The van der Waals surface area contributed by atoms with Crippen LogP contribution in [0.1, 0.15) is 33.1 Å². The average Bonchev–Trinajstić information content (AvgIpc) is 1.99. The van der Waals surface area contributed by atoms with Gasteiger partial charge in [0, 0.05) is 0 Å². The molecule has 0 aliphatic heterocycles. The van der Waals surface area contributed by atoms with Crippen LogP contribution >= 0.6 is 7.68 Å². The van der Waals surface area contributed by atoms with E-state index in [-0.39, 0.29) is 12.8 Å². The lowest BCUT2D eigenvalue weighted by Gasteiger charge is -2.06. The first-order valence-electron chi connectivity index (χ1n) is 4.05. The third kappa shape index (κ3) is 6.52. The van der Waals surface area contributed by atoms with E-state index in [9.17, 15) is 8.76 Å². The molecule has 0 heterocycles. The van der Waals surface area contributed by atoms with Crippen molar-refractivity contribution in [3.05, 3.63) is 0 Å². The molecule has 0 aromatic carbocycles. The molecule has 11 heavy (non-hydrogen) atoms. The Hall–Kier alpha value is 0.120. The van der Waals surface area contributed by atoms with Crippen LogP contribution < -0.4 is 0 Å². The van der Waals surface area contributed by atoms with E-state index in [2.05, 4.69) is 11.4 Å². The van der Waals surface area contributed by atoms with Gasteiger partial charge in [-0.3, -0.25) is 4.57 Å². The van der Waals surface area contributed by atoms with Crippen LogP contribution in [0.2, 0.25) is 0 Å². The van der Waals surface area contributed by atoms with Crippen LogP contribution in [-0.2, 0) is 9.09 Å². The van der Waals surface area contributed by atoms with Gasteiger partial charge in [-0.2, -0.15) is 4.20 Å². The molecule has 4 heteroatoms. The third-order valence-corrected chi connectivity index (χ3v) is 2.73. The Balaban J connectivity index is 3.31. The SMILES string of the molecule is CCCCCOP(=O)(F)CC. The summed E-state index contributed by atoms with van der Waals surface area (Å²) in [5.41, 5.74) is 0. The molecule has 0 rings (SSSR count). The van der Waals surface area contributed by atoms with Crippen LogP contribution in [0.4, 0.5) is 4.20 Å². The molecule has 0 spiro atoms. The molecule has 1 atom stereocenters. The highest BCUT2D eigenvalue weighted by atomic mass is 31.2. The smallest absolute Gasteiger partial charge is 0.306 e. The summed E-state index contributed by atoms with van der Waals surface area (Å²) < 4.78 is 27.8. The molecule has 0 amide bonds. The lowest BCUT2D eigenvalue weighted by molar-refractivity contribution is 0.279. The van der Waals surface area contributed by atoms with E-state index < -0.39 is 7.68 Å². The fourth-order valence-corrected chi connectivity index (χ4v) is 1.23. The minimum atomic E-state index is -3.71. The summed E-state index contributed by atoms with van der Waals surface area (Å²) >= 11 is 0. The van der Waals surface area contributed by atoms with E-state index in [0.717, 1.165) is 19.3 Å². The van der Waals surface area contributed by atoms with Gasteiger partial charge in [-0.1, -0.05) is 26.7 Å². The Morgan fingerprint density at radius 1 is 1.36 bits per heavy atom. The van der Waals surface area contributed by atoms with Crippen molar-refractivity contribution in [1.29, 1.82) is 0 Å².